The number of rotatable bonds is 2. The maximum absolute atomic E-state index is 5.44. The van der Waals surface area contributed by atoms with Crippen molar-refractivity contribution >= 4 is 28.7 Å². The summed E-state index contributed by atoms with van der Waals surface area (Å²) in [6.45, 7) is 2.83. The van der Waals surface area contributed by atoms with Gasteiger partial charge >= 0.3 is 0 Å². The van der Waals surface area contributed by atoms with E-state index in [1.807, 2.05) is 11.8 Å². The molecule has 3 nitrogen and oxygen atoms in total. The van der Waals surface area contributed by atoms with Crippen molar-refractivity contribution in [2.45, 2.75) is 24.8 Å². The Morgan fingerprint density at radius 3 is 3.06 bits per heavy atom. The Hall–Kier alpha value is 0.130. The van der Waals surface area contributed by atoms with E-state index in [0.717, 1.165) is 38.5 Å². The van der Waals surface area contributed by atoms with E-state index in [9.17, 15) is 0 Å². The smallest absolute Gasteiger partial charge is 0.157 e. The van der Waals surface area contributed by atoms with Gasteiger partial charge in [-0.15, -0.1) is 0 Å². The molecule has 17 heavy (non-hydrogen) atoms. The number of nitrogens with zero attached hydrogens (tertiary/aromatic N) is 1. The van der Waals surface area contributed by atoms with E-state index < -0.39 is 0 Å². The molecule has 3 fully saturated rings. The molecule has 0 radical (unpaired) electrons. The monoisotopic (exact) mass is 272 g/mol. The van der Waals surface area contributed by atoms with Crippen LogP contribution in [0.1, 0.15) is 19.3 Å². The van der Waals surface area contributed by atoms with Gasteiger partial charge < -0.3 is 10.1 Å². The minimum absolute atomic E-state index is 0.298. The molecule has 0 aromatic rings. The lowest BCUT2D eigenvalue weighted by Gasteiger charge is -2.32. The van der Waals surface area contributed by atoms with E-state index in [1.165, 1.54) is 28.8 Å². The summed E-state index contributed by atoms with van der Waals surface area (Å²) in [7, 11) is 0. The van der Waals surface area contributed by atoms with Crippen molar-refractivity contribution in [2.24, 2.45) is 10.9 Å². The van der Waals surface area contributed by atoms with E-state index in [-0.39, 0.29) is 0 Å². The highest BCUT2D eigenvalue weighted by Crippen LogP contribution is 2.32. The van der Waals surface area contributed by atoms with Gasteiger partial charge in [0, 0.05) is 25.5 Å². The SMILES string of the molecule is C1CC2(CCO1)CSC(=NCC1CCSC1)N2. The number of amidine groups is 1. The van der Waals surface area contributed by atoms with E-state index in [4.69, 9.17) is 9.73 Å². The van der Waals surface area contributed by atoms with Crippen LogP contribution in [0.4, 0.5) is 0 Å². The second-order valence-electron chi connectivity index (χ2n) is 5.18. The molecule has 1 atom stereocenters. The van der Waals surface area contributed by atoms with Gasteiger partial charge in [-0.3, -0.25) is 4.99 Å². The van der Waals surface area contributed by atoms with Gasteiger partial charge in [0.05, 0.1) is 5.54 Å². The van der Waals surface area contributed by atoms with Gasteiger partial charge in [-0.05, 0) is 36.7 Å². The van der Waals surface area contributed by atoms with Crippen LogP contribution < -0.4 is 5.32 Å². The lowest BCUT2D eigenvalue weighted by atomic mass is 9.93. The molecule has 1 N–H and O–H groups in total. The fraction of sp³-hybridized carbons (Fsp3) is 0.917. The Kier molecular flexibility index (Phi) is 3.87. The first-order chi connectivity index (χ1) is 8.36. The summed E-state index contributed by atoms with van der Waals surface area (Å²) in [5.41, 5.74) is 0.298. The van der Waals surface area contributed by atoms with Crippen LogP contribution in [0.25, 0.3) is 0 Å². The van der Waals surface area contributed by atoms with Crippen LogP contribution in [-0.4, -0.2) is 47.7 Å². The Bertz CT molecular complexity index is 297. The minimum Gasteiger partial charge on any atom is -0.381 e. The van der Waals surface area contributed by atoms with Gasteiger partial charge in [0.15, 0.2) is 5.17 Å². The molecule has 0 aromatic carbocycles. The number of nitrogens with one attached hydrogen (secondary N) is 1. The fourth-order valence-electron chi connectivity index (χ4n) is 2.56. The summed E-state index contributed by atoms with van der Waals surface area (Å²) < 4.78 is 5.44. The molecule has 0 saturated carbocycles. The Balaban J connectivity index is 1.53. The van der Waals surface area contributed by atoms with Crippen molar-refractivity contribution in [2.75, 3.05) is 37.0 Å². The molecule has 3 aliphatic heterocycles. The van der Waals surface area contributed by atoms with Crippen LogP contribution in [0.2, 0.25) is 0 Å². The minimum atomic E-state index is 0.298. The third-order valence-electron chi connectivity index (χ3n) is 3.82. The zero-order valence-electron chi connectivity index (χ0n) is 10.1. The Morgan fingerprint density at radius 1 is 1.41 bits per heavy atom. The molecule has 0 bridgehead atoms. The molecule has 5 heteroatoms. The molecule has 0 aromatic heterocycles. The average molecular weight is 272 g/mol. The van der Waals surface area contributed by atoms with Crippen molar-refractivity contribution in [1.82, 2.24) is 5.32 Å². The van der Waals surface area contributed by atoms with Gasteiger partial charge in [0.1, 0.15) is 0 Å². The van der Waals surface area contributed by atoms with Crippen LogP contribution in [0, 0.1) is 5.92 Å². The Labute approximate surface area is 112 Å². The number of hydrogen-bond acceptors (Lipinski definition) is 4. The molecule has 0 amide bonds. The molecule has 0 aliphatic carbocycles. The summed E-state index contributed by atoms with van der Waals surface area (Å²) in [5.74, 6) is 4.63. The van der Waals surface area contributed by atoms with Gasteiger partial charge in [0.2, 0.25) is 0 Å². The van der Waals surface area contributed by atoms with E-state index in [1.54, 1.807) is 0 Å². The number of aliphatic imine (C=N–C) groups is 1. The molecular formula is C12H20N2OS2. The van der Waals surface area contributed by atoms with E-state index in [2.05, 4.69) is 17.1 Å². The predicted octanol–water partition coefficient (Wildman–Crippen LogP) is 1.98. The second kappa shape index (κ2) is 5.41. The maximum Gasteiger partial charge on any atom is 0.157 e. The number of thioether (sulfide) groups is 2. The highest BCUT2D eigenvalue weighted by molar-refractivity contribution is 8.14. The first-order valence-electron chi connectivity index (χ1n) is 6.47. The van der Waals surface area contributed by atoms with Crippen LogP contribution in [0.3, 0.4) is 0 Å². The average Bonchev–Trinajstić information content (AvgIpc) is 2.98. The molecular weight excluding hydrogens is 252 g/mol. The molecule has 3 saturated heterocycles. The molecule has 3 aliphatic rings. The zero-order chi connectivity index (χ0) is 11.6. The highest BCUT2D eigenvalue weighted by atomic mass is 32.2. The van der Waals surface area contributed by atoms with Gasteiger partial charge in [0.25, 0.3) is 0 Å². The first-order valence-corrected chi connectivity index (χ1v) is 8.61. The number of hydrogen-bond donors (Lipinski definition) is 1. The zero-order valence-corrected chi connectivity index (χ0v) is 11.7. The molecule has 96 valence electrons. The first kappa shape index (κ1) is 12.2. The topological polar surface area (TPSA) is 33.6 Å². The van der Waals surface area contributed by atoms with Crippen molar-refractivity contribution in [1.29, 1.82) is 0 Å². The standard InChI is InChI=1S/C12H20N2OS2/c1-6-16-8-10(1)7-13-11-14-12(9-17-11)2-4-15-5-3-12/h10H,1-9H2,(H,13,14). The molecule has 1 spiro atoms. The lowest BCUT2D eigenvalue weighted by Crippen LogP contribution is -2.48. The summed E-state index contributed by atoms with van der Waals surface area (Å²) in [6.07, 6.45) is 3.63. The summed E-state index contributed by atoms with van der Waals surface area (Å²) in [6, 6.07) is 0. The van der Waals surface area contributed by atoms with E-state index in [0.29, 0.717) is 5.54 Å². The van der Waals surface area contributed by atoms with Gasteiger partial charge in [-0.1, -0.05) is 11.8 Å². The summed E-state index contributed by atoms with van der Waals surface area (Å²) >= 11 is 3.98. The third kappa shape index (κ3) is 2.93. The van der Waals surface area contributed by atoms with Crippen LogP contribution in [0.5, 0.6) is 0 Å². The van der Waals surface area contributed by atoms with Crippen molar-refractivity contribution in [3.8, 4) is 0 Å². The summed E-state index contributed by atoms with van der Waals surface area (Å²) in [5, 5.41) is 4.84. The van der Waals surface area contributed by atoms with Gasteiger partial charge in [-0.25, -0.2) is 0 Å². The quantitative estimate of drug-likeness (QED) is 0.833. The van der Waals surface area contributed by atoms with Crippen molar-refractivity contribution in [3.63, 3.8) is 0 Å². The number of ether oxygens (including phenoxy) is 1. The molecule has 1 unspecified atom stereocenters. The highest BCUT2D eigenvalue weighted by Gasteiger charge is 2.38. The molecule has 3 rings (SSSR count). The van der Waals surface area contributed by atoms with Crippen molar-refractivity contribution in [3.05, 3.63) is 0 Å². The van der Waals surface area contributed by atoms with Crippen LogP contribution in [-0.2, 0) is 4.74 Å². The van der Waals surface area contributed by atoms with Gasteiger partial charge in [-0.2, -0.15) is 11.8 Å². The van der Waals surface area contributed by atoms with Crippen LogP contribution >= 0.6 is 23.5 Å². The largest absolute Gasteiger partial charge is 0.381 e. The molecule has 3 heterocycles. The second-order valence-corrected chi connectivity index (χ2v) is 7.30. The maximum atomic E-state index is 5.44. The van der Waals surface area contributed by atoms with E-state index >= 15 is 0 Å². The fourth-order valence-corrected chi connectivity index (χ4v) is 5.06. The van der Waals surface area contributed by atoms with Crippen molar-refractivity contribution < 1.29 is 4.74 Å². The lowest BCUT2D eigenvalue weighted by molar-refractivity contribution is 0.0555. The Morgan fingerprint density at radius 2 is 2.29 bits per heavy atom. The predicted molar refractivity (Wildman–Crippen MR) is 76.1 cm³/mol. The normalized spacial score (nSPS) is 34.4. The summed E-state index contributed by atoms with van der Waals surface area (Å²) in [4.78, 5) is 4.77. The van der Waals surface area contributed by atoms with Crippen LogP contribution in [0.15, 0.2) is 4.99 Å². The third-order valence-corrected chi connectivity index (χ3v) is 6.26.